The maximum Gasteiger partial charge on any atom is 0.206 e. The molecule has 0 saturated heterocycles. The monoisotopic (exact) mass is 271 g/mol. The van der Waals surface area contributed by atoms with Crippen LogP contribution < -0.4 is 5.32 Å². The number of fused-ring (bicyclic) bond motifs is 1. The summed E-state index contributed by atoms with van der Waals surface area (Å²) in [6, 6.07) is 2.42. The molecule has 2 heterocycles. The van der Waals surface area contributed by atoms with E-state index < -0.39 is 0 Å². The van der Waals surface area contributed by atoms with Crippen molar-refractivity contribution in [3.63, 3.8) is 0 Å². The number of nitrogens with zero attached hydrogens (tertiary/aromatic N) is 2. The predicted molar refractivity (Wildman–Crippen MR) is 68.7 cm³/mol. The largest absolute Gasteiger partial charge is 0.353 e. The topological polar surface area (TPSA) is 37.8 Å². The average Bonchev–Trinajstić information content (AvgIpc) is 2.86. The van der Waals surface area contributed by atoms with Gasteiger partial charge in [-0.2, -0.15) is 0 Å². The molecule has 0 saturated carbocycles. The van der Waals surface area contributed by atoms with Crippen molar-refractivity contribution in [2.45, 2.75) is 25.8 Å². The molecule has 2 aromatic rings. The lowest BCUT2D eigenvalue weighted by Crippen LogP contribution is -2.06. The van der Waals surface area contributed by atoms with Crippen LogP contribution in [0, 0.1) is 6.92 Å². The molecule has 6 heteroatoms. The van der Waals surface area contributed by atoms with Gasteiger partial charge >= 0.3 is 0 Å². The summed E-state index contributed by atoms with van der Waals surface area (Å²) in [7, 11) is 0. The molecule has 3 nitrogen and oxygen atoms in total. The minimum Gasteiger partial charge on any atom is -0.353 e. The van der Waals surface area contributed by atoms with Gasteiger partial charge in [0.1, 0.15) is 5.01 Å². The minimum atomic E-state index is 0.353. The van der Waals surface area contributed by atoms with Crippen LogP contribution in [-0.2, 0) is 6.42 Å². The number of aromatic nitrogens is 2. The number of rotatable bonds is 2. The van der Waals surface area contributed by atoms with E-state index in [1.807, 2.05) is 6.92 Å². The van der Waals surface area contributed by atoms with E-state index in [0.717, 1.165) is 27.3 Å². The third-order valence-electron chi connectivity index (χ3n) is 2.67. The Morgan fingerprint density at radius 3 is 3.06 bits per heavy atom. The standard InChI is InChI=1S/C10H10ClN3S2/c1-5-13-14-10(15-5)12-7-2-3-8-6(7)4-9(11)16-8/h4,7H,2-3H2,1H3,(H,12,14). The van der Waals surface area contributed by atoms with Crippen LogP contribution in [-0.4, -0.2) is 10.2 Å². The van der Waals surface area contributed by atoms with Gasteiger partial charge in [-0.1, -0.05) is 22.9 Å². The van der Waals surface area contributed by atoms with Crippen molar-refractivity contribution < 1.29 is 0 Å². The van der Waals surface area contributed by atoms with Crippen LogP contribution in [0.4, 0.5) is 5.13 Å². The van der Waals surface area contributed by atoms with Gasteiger partial charge in [0.2, 0.25) is 5.13 Å². The molecule has 16 heavy (non-hydrogen) atoms. The molecule has 0 fully saturated rings. The quantitative estimate of drug-likeness (QED) is 0.906. The van der Waals surface area contributed by atoms with Crippen LogP contribution in [0.3, 0.4) is 0 Å². The van der Waals surface area contributed by atoms with E-state index >= 15 is 0 Å². The highest BCUT2D eigenvalue weighted by Gasteiger charge is 2.25. The van der Waals surface area contributed by atoms with Crippen molar-refractivity contribution in [1.29, 1.82) is 0 Å². The Bertz CT molecular complexity index is 520. The summed E-state index contributed by atoms with van der Waals surface area (Å²) in [5.41, 5.74) is 1.34. The summed E-state index contributed by atoms with van der Waals surface area (Å²) in [6.45, 7) is 1.96. The van der Waals surface area contributed by atoms with Gasteiger partial charge < -0.3 is 5.32 Å². The highest BCUT2D eigenvalue weighted by atomic mass is 35.5. The second kappa shape index (κ2) is 3.98. The molecule has 0 radical (unpaired) electrons. The van der Waals surface area contributed by atoms with Gasteiger partial charge in [-0.25, -0.2) is 0 Å². The van der Waals surface area contributed by atoms with E-state index in [2.05, 4.69) is 21.6 Å². The second-order valence-electron chi connectivity index (χ2n) is 3.79. The lowest BCUT2D eigenvalue weighted by atomic mass is 10.2. The molecule has 1 N–H and O–H groups in total. The Labute approximate surface area is 106 Å². The van der Waals surface area contributed by atoms with Crippen molar-refractivity contribution in [3.05, 3.63) is 25.9 Å². The lowest BCUT2D eigenvalue weighted by Gasteiger charge is -2.10. The summed E-state index contributed by atoms with van der Waals surface area (Å²) in [5.74, 6) is 0. The Morgan fingerprint density at radius 1 is 1.44 bits per heavy atom. The highest BCUT2D eigenvalue weighted by Crippen LogP contribution is 2.41. The van der Waals surface area contributed by atoms with Crippen molar-refractivity contribution in [2.24, 2.45) is 0 Å². The molecule has 1 aliphatic rings. The smallest absolute Gasteiger partial charge is 0.206 e. The van der Waals surface area contributed by atoms with Crippen LogP contribution in [0.5, 0.6) is 0 Å². The molecular formula is C10H10ClN3S2. The fourth-order valence-corrected chi connectivity index (χ4v) is 3.99. The van der Waals surface area contributed by atoms with Crippen LogP contribution in [0.15, 0.2) is 6.07 Å². The molecule has 0 aliphatic heterocycles. The molecule has 1 unspecified atom stereocenters. The zero-order valence-electron chi connectivity index (χ0n) is 8.66. The van der Waals surface area contributed by atoms with Gasteiger partial charge in [-0.15, -0.1) is 21.5 Å². The Hall–Kier alpha value is -0.650. The summed E-state index contributed by atoms with van der Waals surface area (Å²) < 4.78 is 0.880. The number of hydrogen-bond acceptors (Lipinski definition) is 5. The van der Waals surface area contributed by atoms with E-state index in [1.54, 1.807) is 22.7 Å². The fourth-order valence-electron chi connectivity index (χ4n) is 1.98. The maximum atomic E-state index is 6.02. The number of anilines is 1. The Morgan fingerprint density at radius 2 is 2.31 bits per heavy atom. The van der Waals surface area contributed by atoms with Crippen LogP contribution in [0.2, 0.25) is 4.34 Å². The molecule has 0 spiro atoms. The molecule has 1 atom stereocenters. The SMILES string of the molecule is Cc1nnc(NC2CCc3sc(Cl)cc32)s1. The molecule has 3 rings (SSSR count). The first kappa shape index (κ1) is 10.5. The number of thiophene rings is 1. The van der Waals surface area contributed by atoms with Gasteiger partial charge in [0, 0.05) is 4.88 Å². The summed E-state index contributed by atoms with van der Waals surface area (Å²) in [6.07, 6.45) is 2.24. The predicted octanol–water partition coefficient (Wildman–Crippen LogP) is 3.66. The number of aryl methyl sites for hydroxylation is 2. The van der Waals surface area contributed by atoms with Crippen molar-refractivity contribution in [2.75, 3.05) is 5.32 Å². The van der Waals surface area contributed by atoms with Crippen molar-refractivity contribution in [3.8, 4) is 0 Å². The van der Waals surface area contributed by atoms with Crippen LogP contribution in [0.1, 0.15) is 27.9 Å². The summed E-state index contributed by atoms with van der Waals surface area (Å²) in [4.78, 5) is 1.41. The molecular weight excluding hydrogens is 262 g/mol. The third kappa shape index (κ3) is 1.83. The van der Waals surface area contributed by atoms with E-state index in [1.165, 1.54) is 10.4 Å². The van der Waals surface area contributed by atoms with Crippen molar-refractivity contribution in [1.82, 2.24) is 10.2 Å². The zero-order chi connectivity index (χ0) is 11.1. The molecule has 84 valence electrons. The van der Waals surface area contributed by atoms with E-state index in [0.29, 0.717) is 6.04 Å². The van der Waals surface area contributed by atoms with Gasteiger partial charge in [0.15, 0.2) is 0 Å². The first-order valence-electron chi connectivity index (χ1n) is 5.07. The van der Waals surface area contributed by atoms with Crippen LogP contribution in [0.25, 0.3) is 0 Å². The molecule has 0 bridgehead atoms. The fraction of sp³-hybridized carbons (Fsp3) is 0.400. The Balaban J connectivity index is 1.82. The zero-order valence-corrected chi connectivity index (χ0v) is 11.0. The first-order chi connectivity index (χ1) is 7.72. The third-order valence-corrected chi connectivity index (χ3v) is 4.78. The van der Waals surface area contributed by atoms with Gasteiger partial charge in [-0.05, 0) is 31.4 Å². The van der Waals surface area contributed by atoms with E-state index in [-0.39, 0.29) is 0 Å². The number of hydrogen-bond donors (Lipinski definition) is 1. The average molecular weight is 272 g/mol. The minimum absolute atomic E-state index is 0.353. The van der Waals surface area contributed by atoms with E-state index in [9.17, 15) is 0 Å². The van der Waals surface area contributed by atoms with E-state index in [4.69, 9.17) is 11.6 Å². The highest BCUT2D eigenvalue weighted by molar-refractivity contribution is 7.16. The summed E-state index contributed by atoms with van der Waals surface area (Å²) >= 11 is 9.30. The molecule has 1 aliphatic carbocycles. The second-order valence-corrected chi connectivity index (χ2v) is 6.74. The maximum absolute atomic E-state index is 6.02. The number of halogens is 1. The Kier molecular flexibility index (Phi) is 2.61. The van der Waals surface area contributed by atoms with Gasteiger partial charge in [0.25, 0.3) is 0 Å². The van der Waals surface area contributed by atoms with Crippen LogP contribution >= 0.6 is 34.3 Å². The molecule has 2 aromatic heterocycles. The lowest BCUT2D eigenvalue weighted by molar-refractivity contribution is 0.758. The normalized spacial score (nSPS) is 18.8. The van der Waals surface area contributed by atoms with Gasteiger partial charge in [-0.3, -0.25) is 0 Å². The van der Waals surface area contributed by atoms with Crippen molar-refractivity contribution >= 4 is 39.4 Å². The first-order valence-corrected chi connectivity index (χ1v) is 7.08. The summed E-state index contributed by atoms with van der Waals surface area (Å²) in [5, 5.41) is 13.4. The molecule has 0 aromatic carbocycles. The van der Waals surface area contributed by atoms with Gasteiger partial charge in [0.05, 0.1) is 10.4 Å². The molecule has 0 amide bonds. The number of nitrogens with one attached hydrogen (secondary N) is 1.